The Balaban J connectivity index is 2.61. The summed E-state index contributed by atoms with van der Waals surface area (Å²) in [5, 5.41) is 3.55. The predicted octanol–water partition coefficient (Wildman–Crippen LogP) is 3.53. The van der Waals surface area contributed by atoms with Crippen LogP contribution in [0.25, 0.3) is 0 Å². The molecule has 0 aromatic heterocycles. The Morgan fingerprint density at radius 1 is 1.28 bits per heavy atom. The van der Waals surface area contributed by atoms with E-state index >= 15 is 0 Å². The molecule has 0 aliphatic rings. The van der Waals surface area contributed by atoms with Crippen molar-refractivity contribution in [1.82, 2.24) is 5.32 Å². The average molecular weight is 316 g/mol. The lowest BCUT2D eigenvalue weighted by Gasteiger charge is -2.20. The van der Waals surface area contributed by atoms with Crippen molar-refractivity contribution in [3.63, 3.8) is 0 Å². The maximum Gasteiger partial charge on any atom is 0.133 e. The Kier molecular flexibility index (Phi) is 6.68. The maximum absolute atomic E-state index is 5.23. The molecule has 2 atom stereocenters. The van der Waals surface area contributed by atoms with Gasteiger partial charge in [-0.05, 0) is 53.9 Å². The van der Waals surface area contributed by atoms with Crippen LogP contribution in [0.15, 0.2) is 22.7 Å². The van der Waals surface area contributed by atoms with Gasteiger partial charge in [0.25, 0.3) is 0 Å². The first-order valence-electron chi connectivity index (χ1n) is 6.17. The largest absolute Gasteiger partial charge is 0.496 e. The van der Waals surface area contributed by atoms with E-state index in [0.29, 0.717) is 12.1 Å². The molecule has 0 radical (unpaired) electrons. The van der Waals surface area contributed by atoms with Gasteiger partial charge in [-0.25, -0.2) is 0 Å². The smallest absolute Gasteiger partial charge is 0.133 e. The highest BCUT2D eigenvalue weighted by Gasteiger charge is 2.11. The number of benzene rings is 1. The highest BCUT2D eigenvalue weighted by atomic mass is 79.9. The van der Waals surface area contributed by atoms with Crippen LogP contribution in [0.1, 0.15) is 31.9 Å². The number of rotatable bonds is 7. The van der Waals surface area contributed by atoms with Gasteiger partial charge in [-0.15, -0.1) is 0 Å². The Morgan fingerprint density at radius 2 is 2.00 bits per heavy atom. The number of hydrogen-bond donors (Lipinski definition) is 1. The molecule has 2 unspecified atom stereocenters. The average Bonchev–Trinajstić information content (AvgIpc) is 2.36. The van der Waals surface area contributed by atoms with Crippen LogP contribution >= 0.6 is 15.9 Å². The monoisotopic (exact) mass is 315 g/mol. The van der Waals surface area contributed by atoms with Crippen LogP contribution in [0.4, 0.5) is 0 Å². The molecule has 0 saturated heterocycles. The predicted molar refractivity (Wildman–Crippen MR) is 78.2 cm³/mol. The molecule has 0 aliphatic carbocycles. The van der Waals surface area contributed by atoms with Crippen LogP contribution in [0.2, 0.25) is 0 Å². The molecular weight excluding hydrogens is 294 g/mol. The zero-order chi connectivity index (χ0) is 13.5. The second-order valence-electron chi connectivity index (χ2n) is 4.46. The summed E-state index contributed by atoms with van der Waals surface area (Å²) in [6, 6.07) is 6.90. The van der Waals surface area contributed by atoms with Crippen LogP contribution in [0.5, 0.6) is 5.75 Å². The molecule has 102 valence electrons. The van der Waals surface area contributed by atoms with E-state index in [0.717, 1.165) is 23.2 Å². The Labute approximate surface area is 118 Å². The van der Waals surface area contributed by atoms with E-state index in [-0.39, 0.29) is 0 Å². The van der Waals surface area contributed by atoms with Gasteiger partial charge in [0.05, 0.1) is 11.6 Å². The van der Waals surface area contributed by atoms with Gasteiger partial charge in [0.15, 0.2) is 0 Å². The molecule has 3 nitrogen and oxygen atoms in total. The first-order valence-corrected chi connectivity index (χ1v) is 6.96. The van der Waals surface area contributed by atoms with Crippen molar-refractivity contribution in [2.75, 3.05) is 20.8 Å². The summed E-state index contributed by atoms with van der Waals surface area (Å²) >= 11 is 3.51. The highest BCUT2D eigenvalue weighted by molar-refractivity contribution is 9.10. The van der Waals surface area contributed by atoms with Crippen molar-refractivity contribution in [3.05, 3.63) is 28.2 Å². The summed E-state index contributed by atoms with van der Waals surface area (Å²) in [5.41, 5.74) is 1.24. The van der Waals surface area contributed by atoms with Crippen LogP contribution < -0.4 is 10.1 Å². The molecule has 0 fully saturated rings. The lowest BCUT2D eigenvalue weighted by atomic mass is 10.1. The highest BCUT2D eigenvalue weighted by Crippen LogP contribution is 2.28. The summed E-state index contributed by atoms with van der Waals surface area (Å²) < 4.78 is 11.3. The lowest BCUT2D eigenvalue weighted by Crippen LogP contribution is -2.29. The van der Waals surface area contributed by atoms with E-state index in [4.69, 9.17) is 9.47 Å². The molecule has 1 rings (SSSR count). The Morgan fingerprint density at radius 3 is 2.56 bits per heavy atom. The second-order valence-corrected chi connectivity index (χ2v) is 5.32. The summed E-state index contributed by atoms with van der Waals surface area (Å²) in [6.07, 6.45) is 1.01. The van der Waals surface area contributed by atoms with Crippen LogP contribution in [-0.4, -0.2) is 26.9 Å². The molecule has 1 aromatic carbocycles. The van der Waals surface area contributed by atoms with Crippen LogP contribution in [-0.2, 0) is 4.74 Å². The zero-order valence-corrected chi connectivity index (χ0v) is 13.1. The minimum atomic E-state index is 0.305. The van der Waals surface area contributed by atoms with E-state index in [1.165, 1.54) is 5.56 Å². The first kappa shape index (κ1) is 15.5. The molecule has 18 heavy (non-hydrogen) atoms. The van der Waals surface area contributed by atoms with Crippen molar-refractivity contribution < 1.29 is 9.47 Å². The molecule has 1 aromatic rings. The second kappa shape index (κ2) is 7.77. The quantitative estimate of drug-likeness (QED) is 0.835. The van der Waals surface area contributed by atoms with Gasteiger partial charge in [-0.2, -0.15) is 0 Å². The third kappa shape index (κ3) is 4.59. The van der Waals surface area contributed by atoms with Gasteiger partial charge >= 0.3 is 0 Å². The molecular formula is C14H22BrNO2. The van der Waals surface area contributed by atoms with Gasteiger partial charge in [0.2, 0.25) is 0 Å². The van der Waals surface area contributed by atoms with E-state index < -0.39 is 0 Å². The maximum atomic E-state index is 5.23. The number of hydrogen-bond acceptors (Lipinski definition) is 3. The zero-order valence-electron chi connectivity index (χ0n) is 11.5. The minimum Gasteiger partial charge on any atom is -0.496 e. The third-order valence-corrected chi connectivity index (χ3v) is 3.59. The SMILES string of the molecule is COCCC(C)NC(C)c1ccc(OC)c(Br)c1. The summed E-state index contributed by atoms with van der Waals surface area (Å²) in [4.78, 5) is 0. The van der Waals surface area contributed by atoms with Crippen molar-refractivity contribution >= 4 is 15.9 Å². The van der Waals surface area contributed by atoms with E-state index in [9.17, 15) is 0 Å². The molecule has 0 bridgehead atoms. The first-order chi connectivity index (χ1) is 8.58. The molecule has 0 aliphatic heterocycles. The van der Waals surface area contributed by atoms with Crippen LogP contribution in [0.3, 0.4) is 0 Å². The fourth-order valence-corrected chi connectivity index (χ4v) is 2.41. The van der Waals surface area contributed by atoms with E-state index in [1.807, 2.05) is 6.07 Å². The Hall–Kier alpha value is -0.580. The van der Waals surface area contributed by atoms with Crippen molar-refractivity contribution in [2.24, 2.45) is 0 Å². The van der Waals surface area contributed by atoms with Gasteiger partial charge in [-0.1, -0.05) is 6.07 Å². The van der Waals surface area contributed by atoms with Crippen molar-refractivity contribution in [3.8, 4) is 5.75 Å². The molecule has 0 saturated carbocycles. The van der Waals surface area contributed by atoms with Gasteiger partial charge in [0.1, 0.15) is 5.75 Å². The molecule has 0 spiro atoms. The fourth-order valence-electron chi connectivity index (χ4n) is 1.85. The lowest BCUT2D eigenvalue weighted by molar-refractivity contribution is 0.183. The number of methoxy groups -OCH3 is 2. The summed E-state index contributed by atoms with van der Waals surface area (Å²) in [5.74, 6) is 0.860. The summed E-state index contributed by atoms with van der Waals surface area (Å²) in [6.45, 7) is 5.12. The molecule has 1 N–H and O–H groups in total. The number of nitrogens with one attached hydrogen (secondary N) is 1. The number of halogens is 1. The molecule has 0 amide bonds. The topological polar surface area (TPSA) is 30.5 Å². The fraction of sp³-hybridized carbons (Fsp3) is 0.571. The van der Waals surface area contributed by atoms with Gasteiger partial charge in [0, 0.05) is 25.8 Å². The molecule has 0 heterocycles. The standard InChI is InChI=1S/C14H22BrNO2/c1-10(7-8-17-3)16-11(2)12-5-6-14(18-4)13(15)9-12/h5-6,9-11,16H,7-8H2,1-4H3. The van der Waals surface area contributed by atoms with Gasteiger partial charge < -0.3 is 14.8 Å². The van der Waals surface area contributed by atoms with E-state index in [1.54, 1.807) is 14.2 Å². The van der Waals surface area contributed by atoms with Crippen molar-refractivity contribution in [2.45, 2.75) is 32.4 Å². The third-order valence-electron chi connectivity index (χ3n) is 2.97. The summed E-state index contributed by atoms with van der Waals surface area (Å²) in [7, 11) is 3.41. The Bertz CT molecular complexity index is 371. The van der Waals surface area contributed by atoms with E-state index in [2.05, 4.69) is 47.2 Å². The minimum absolute atomic E-state index is 0.305. The normalized spacial score (nSPS) is 14.3. The number of ether oxygens (including phenoxy) is 2. The molecule has 4 heteroatoms. The van der Waals surface area contributed by atoms with Crippen LogP contribution in [0, 0.1) is 0 Å². The van der Waals surface area contributed by atoms with Crippen molar-refractivity contribution in [1.29, 1.82) is 0 Å². The van der Waals surface area contributed by atoms with Gasteiger partial charge in [-0.3, -0.25) is 0 Å².